The molecule has 3 rings (SSSR count). The molecule has 1 aliphatic rings. The summed E-state index contributed by atoms with van der Waals surface area (Å²) >= 11 is 0. The van der Waals surface area contributed by atoms with Gasteiger partial charge in [0.2, 0.25) is 10.0 Å². The van der Waals surface area contributed by atoms with Crippen LogP contribution in [0.1, 0.15) is 29.7 Å². The molecule has 24 heavy (non-hydrogen) atoms. The van der Waals surface area contributed by atoms with Gasteiger partial charge in [-0.25, -0.2) is 13.1 Å². The molecule has 0 radical (unpaired) electrons. The summed E-state index contributed by atoms with van der Waals surface area (Å²) in [5.74, 6) is 0. The normalized spacial score (nSPS) is 19.9. The van der Waals surface area contributed by atoms with E-state index in [9.17, 15) is 8.42 Å². The van der Waals surface area contributed by atoms with Crippen LogP contribution in [0, 0.1) is 6.92 Å². The van der Waals surface area contributed by atoms with Crippen LogP contribution in [0.25, 0.3) is 6.08 Å². The van der Waals surface area contributed by atoms with Gasteiger partial charge in [0.1, 0.15) is 0 Å². The molecule has 1 N–H and O–H groups in total. The minimum absolute atomic E-state index is 0.260. The first-order chi connectivity index (χ1) is 11.5. The molecule has 0 spiro atoms. The number of benzene rings is 2. The first-order valence-corrected chi connectivity index (χ1v) is 9.47. The highest BCUT2D eigenvalue weighted by molar-refractivity contribution is 7.89. The second-order valence-electron chi connectivity index (χ2n) is 5.82. The molecule has 0 fully saturated rings. The molecule has 0 aromatic heterocycles. The van der Waals surface area contributed by atoms with Crippen molar-refractivity contribution >= 4 is 16.1 Å². The van der Waals surface area contributed by atoms with Gasteiger partial charge in [-0.2, -0.15) is 0 Å². The number of nitrogens with one attached hydrogen (secondary N) is 1. The Balaban J connectivity index is 1.96. The van der Waals surface area contributed by atoms with Crippen molar-refractivity contribution in [3.05, 3.63) is 71.3 Å². The molecule has 0 amide bonds. The van der Waals surface area contributed by atoms with Gasteiger partial charge >= 0.3 is 0 Å². The molecule has 0 bridgehead atoms. The zero-order chi connectivity index (χ0) is 17.2. The lowest BCUT2D eigenvalue weighted by Gasteiger charge is -2.30. The molecule has 2 atom stereocenters. The molecular weight excluding hydrogens is 322 g/mol. The number of aryl methyl sites for hydroxylation is 1. The Kier molecular flexibility index (Phi) is 4.85. The van der Waals surface area contributed by atoms with Gasteiger partial charge in [0, 0.05) is 6.61 Å². The molecule has 126 valence electrons. The summed E-state index contributed by atoms with van der Waals surface area (Å²) in [5, 5.41) is 0. The molecule has 0 saturated carbocycles. The van der Waals surface area contributed by atoms with Crippen LogP contribution in [0.5, 0.6) is 0 Å². The lowest BCUT2D eigenvalue weighted by Crippen LogP contribution is -2.38. The Morgan fingerprint density at radius 1 is 1.08 bits per heavy atom. The summed E-state index contributed by atoms with van der Waals surface area (Å²) < 4.78 is 34.1. The zero-order valence-corrected chi connectivity index (χ0v) is 14.6. The summed E-state index contributed by atoms with van der Waals surface area (Å²) in [6, 6.07) is 14.2. The minimum Gasteiger partial charge on any atom is -0.372 e. The molecule has 1 aliphatic carbocycles. The molecule has 0 aliphatic heterocycles. The maximum Gasteiger partial charge on any atom is 0.241 e. The highest BCUT2D eigenvalue weighted by Gasteiger charge is 2.31. The molecular formula is C19H21NO3S. The highest BCUT2D eigenvalue weighted by atomic mass is 32.2. The van der Waals surface area contributed by atoms with Crippen molar-refractivity contribution in [1.29, 1.82) is 0 Å². The predicted molar refractivity (Wildman–Crippen MR) is 95.1 cm³/mol. The van der Waals surface area contributed by atoms with E-state index >= 15 is 0 Å². The fourth-order valence-corrected chi connectivity index (χ4v) is 4.09. The van der Waals surface area contributed by atoms with Crippen molar-refractivity contribution in [3.63, 3.8) is 0 Å². The van der Waals surface area contributed by atoms with Crippen LogP contribution < -0.4 is 4.72 Å². The van der Waals surface area contributed by atoms with Crippen LogP contribution in [0.4, 0.5) is 0 Å². The van der Waals surface area contributed by atoms with Crippen molar-refractivity contribution < 1.29 is 13.2 Å². The second kappa shape index (κ2) is 6.89. The van der Waals surface area contributed by atoms with E-state index in [0.29, 0.717) is 6.61 Å². The summed E-state index contributed by atoms with van der Waals surface area (Å²) in [6.07, 6.45) is 3.56. The van der Waals surface area contributed by atoms with Crippen LogP contribution in [0.2, 0.25) is 0 Å². The van der Waals surface area contributed by atoms with E-state index in [1.807, 2.05) is 50.3 Å². The van der Waals surface area contributed by atoms with Crippen LogP contribution in [0.3, 0.4) is 0 Å². The number of hydrogen-bond acceptors (Lipinski definition) is 3. The predicted octanol–water partition coefficient (Wildman–Crippen LogP) is 3.45. The third-order valence-corrected chi connectivity index (χ3v) is 5.55. The maximum atomic E-state index is 12.8. The van der Waals surface area contributed by atoms with Crippen molar-refractivity contribution in [1.82, 2.24) is 4.72 Å². The SMILES string of the molecule is CCO[C@@H]1C=Cc2ccccc2[C@H]1NS(=O)(=O)c1ccc(C)cc1. The number of sulfonamides is 1. The standard InChI is InChI=1S/C19H21NO3S/c1-3-23-18-13-10-15-6-4-5-7-17(15)19(18)20-24(21,22)16-11-8-14(2)9-12-16/h4-13,18-20H,3H2,1-2H3/t18-,19-/m1/s1. The van der Waals surface area contributed by atoms with Gasteiger partial charge in [-0.15, -0.1) is 0 Å². The van der Waals surface area contributed by atoms with Gasteiger partial charge < -0.3 is 4.74 Å². The first-order valence-electron chi connectivity index (χ1n) is 7.99. The Bertz CT molecular complexity index is 841. The number of hydrogen-bond donors (Lipinski definition) is 1. The number of fused-ring (bicyclic) bond motifs is 1. The largest absolute Gasteiger partial charge is 0.372 e. The quantitative estimate of drug-likeness (QED) is 0.905. The van der Waals surface area contributed by atoms with E-state index in [2.05, 4.69) is 4.72 Å². The molecule has 0 heterocycles. The Morgan fingerprint density at radius 3 is 2.50 bits per heavy atom. The highest BCUT2D eigenvalue weighted by Crippen LogP contribution is 2.31. The molecule has 5 heteroatoms. The first kappa shape index (κ1) is 16.9. The Morgan fingerprint density at radius 2 is 1.79 bits per heavy atom. The summed E-state index contributed by atoms with van der Waals surface area (Å²) in [6.45, 7) is 4.34. The molecule has 0 unspecified atom stereocenters. The van der Waals surface area contributed by atoms with E-state index in [0.717, 1.165) is 16.7 Å². The fourth-order valence-electron chi connectivity index (χ4n) is 2.86. The van der Waals surface area contributed by atoms with Gasteiger partial charge in [0.15, 0.2) is 0 Å². The summed E-state index contributed by atoms with van der Waals surface area (Å²) in [4.78, 5) is 0.260. The smallest absolute Gasteiger partial charge is 0.241 e. The van der Waals surface area contributed by atoms with Crippen LogP contribution >= 0.6 is 0 Å². The number of rotatable bonds is 5. The van der Waals surface area contributed by atoms with E-state index in [-0.39, 0.29) is 11.0 Å². The monoisotopic (exact) mass is 343 g/mol. The van der Waals surface area contributed by atoms with Gasteiger partial charge in [-0.1, -0.05) is 54.1 Å². The van der Waals surface area contributed by atoms with Crippen LogP contribution in [0.15, 0.2) is 59.5 Å². The Labute approximate surface area is 143 Å². The number of ether oxygens (including phenoxy) is 1. The van der Waals surface area contributed by atoms with Crippen LogP contribution in [-0.2, 0) is 14.8 Å². The maximum absolute atomic E-state index is 12.8. The van der Waals surface area contributed by atoms with Gasteiger partial charge in [-0.05, 0) is 37.1 Å². The Hall–Kier alpha value is -1.95. The molecule has 2 aromatic carbocycles. The van der Waals surface area contributed by atoms with Crippen molar-refractivity contribution in [2.45, 2.75) is 30.9 Å². The van der Waals surface area contributed by atoms with Crippen molar-refractivity contribution in [3.8, 4) is 0 Å². The third kappa shape index (κ3) is 3.43. The van der Waals surface area contributed by atoms with E-state index in [1.165, 1.54) is 0 Å². The fraction of sp³-hybridized carbons (Fsp3) is 0.263. The van der Waals surface area contributed by atoms with Crippen molar-refractivity contribution in [2.24, 2.45) is 0 Å². The lowest BCUT2D eigenvalue weighted by atomic mass is 9.91. The second-order valence-corrected chi connectivity index (χ2v) is 7.53. The molecule has 4 nitrogen and oxygen atoms in total. The van der Waals surface area contributed by atoms with E-state index < -0.39 is 16.1 Å². The van der Waals surface area contributed by atoms with E-state index in [4.69, 9.17) is 4.74 Å². The average molecular weight is 343 g/mol. The van der Waals surface area contributed by atoms with Gasteiger partial charge in [0.25, 0.3) is 0 Å². The van der Waals surface area contributed by atoms with Gasteiger partial charge in [-0.3, -0.25) is 0 Å². The summed E-state index contributed by atoms with van der Waals surface area (Å²) in [5.41, 5.74) is 2.95. The molecule has 2 aromatic rings. The van der Waals surface area contributed by atoms with Gasteiger partial charge in [0.05, 0.1) is 17.0 Å². The molecule has 0 saturated heterocycles. The average Bonchev–Trinajstić information content (AvgIpc) is 2.57. The van der Waals surface area contributed by atoms with E-state index in [1.54, 1.807) is 24.3 Å². The zero-order valence-electron chi connectivity index (χ0n) is 13.8. The summed E-state index contributed by atoms with van der Waals surface area (Å²) in [7, 11) is -3.63. The topological polar surface area (TPSA) is 55.4 Å². The minimum atomic E-state index is -3.63. The lowest BCUT2D eigenvalue weighted by molar-refractivity contribution is 0.0728. The van der Waals surface area contributed by atoms with Crippen molar-refractivity contribution in [2.75, 3.05) is 6.61 Å². The third-order valence-electron chi connectivity index (χ3n) is 4.10. The van der Waals surface area contributed by atoms with Crippen LogP contribution in [-0.4, -0.2) is 21.1 Å².